The maximum Gasteiger partial charge on any atom is 0.231 e. The predicted molar refractivity (Wildman–Crippen MR) is 174 cm³/mol. The standard InChI is InChI=1S/C37H57NO3/c1-14-29(39)38-27-21-25(34(2,3)4)32(40)30(36(8,9)10)23(27)19-17-15-16-18-20-24-28(38)22-26(35(5,6)7)33(41)31(24)37(11,12)13/h21-22,40-41H,14-20H2,1-13H3. The highest BCUT2D eigenvalue weighted by Gasteiger charge is 2.37. The van der Waals surface area contributed by atoms with Crippen LogP contribution in [0, 0.1) is 0 Å². The molecule has 2 N–H and O–H groups in total. The molecule has 0 bridgehead atoms. The summed E-state index contributed by atoms with van der Waals surface area (Å²) in [7, 11) is 0. The minimum absolute atomic E-state index is 0.0302. The molecule has 1 aliphatic rings. The number of anilines is 2. The molecular formula is C37H57NO3. The smallest absolute Gasteiger partial charge is 0.231 e. The van der Waals surface area contributed by atoms with Crippen molar-refractivity contribution in [3.05, 3.63) is 45.5 Å². The molecule has 0 saturated carbocycles. The van der Waals surface area contributed by atoms with E-state index in [9.17, 15) is 15.0 Å². The fraction of sp³-hybridized carbons (Fsp3) is 0.649. The zero-order valence-electron chi connectivity index (χ0n) is 28.4. The lowest BCUT2D eigenvalue weighted by atomic mass is 9.74. The Bertz CT molecular complexity index is 1200. The van der Waals surface area contributed by atoms with Crippen LogP contribution in [-0.2, 0) is 39.3 Å². The number of phenols is 2. The number of hydrogen-bond donors (Lipinski definition) is 2. The van der Waals surface area contributed by atoms with Crippen molar-refractivity contribution >= 4 is 17.3 Å². The van der Waals surface area contributed by atoms with Gasteiger partial charge in [0.15, 0.2) is 0 Å². The lowest BCUT2D eigenvalue weighted by molar-refractivity contribution is -0.117. The molecule has 0 atom stereocenters. The molecular weight excluding hydrogens is 506 g/mol. The van der Waals surface area contributed by atoms with Crippen LogP contribution in [0.2, 0.25) is 0 Å². The van der Waals surface area contributed by atoms with E-state index in [0.717, 1.165) is 83.3 Å². The second kappa shape index (κ2) is 11.3. The maximum atomic E-state index is 14.3. The van der Waals surface area contributed by atoms with Crippen LogP contribution in [0.25, 0.3) is 0 Å². The summed E-state index contributed by atoms with van der Waals surface area (Å²) < 4.78 is 0. The summed E-state index contributed by atoms with van der Waals surface area (Å²) >= 11 is 0. The molecule has 4 heteroatoms. The number of fused-ring (bicyclic) bond motifs is 2. The first-order valence-electron chi connectivity index (χ1n) is 15.7. The van der Waals surface area contributed by atoms with Gasteiger partial charge in [0.05, 0.1) is 11.4 Å². The Morgan fingerprint density at radius 3 is 1.24 bits per heavy atom. The number of phenolic OH excluding ortho intramolecular Hbond substituents is 2. The van der Waals surface area contributed by atoms with Gasteiger partial charge in [-0.05, 0) is 70.6 Å². The van der Waals surface area contributed by atoms with Crippen molar-refractivity contribution in [2.75, 3.05) is 4.90 Å². The van der Waals surface area contributed by atoms with Crippen molar-refractivity contribution in [3.8, 4) is 11.5 Å². The first kappa shape index (κ1) is 33.0. The average Bonchev–Trinajstić information content (AvgIpc) is 2.82. The van der Waals surface area contributed by atoms with E-state index < -0.39 is 0 Å². The van der Waals surface area contributed by atoms with Gasteiger partial charge in [0, 0.05) is 28.7 Å². The Morgan fingerprint density at radius 1 is 0.634 bits per heavy atom. The van der Waals surface area contributed by atoms with E-state index in [2.05, 4.69) is 95.2 Å². The summed E-state index contributed by atoms with van der Waals surface area (Å²) in [5.41, 5.74) is 6.24. The van der Waals surface area contributed by atoms with Gasteiger partial charge in [0.25, 0.3) is 0 Å². The zero-order valence-corrected chi connectivity index (χ0v) is 28.4. The molecule has 2 aromatic carbocycles. The normalized spacial score (nSPS) is 15.7. The van der Waals surface area contributed by atoms with Crippen LogP contribution in [0.3, 0.4) is 0 Å². The predicted octanol–water partition coefficient (Wildman–Crippen LogP) is 10.0. The van der Waals surface area contributed by atoms with E-state index in [0.29, 0.717) is 17.9 Å². The van der Waals surface area contributed by atoms with E-state index in [1.165, 1.54) is 0 Å². The molecule has 1 amide bonds. The zero-order chi connectivity index (χ0) is 31.3. The van der Waals surface area contributed by atoms with Crippen molar-refractivity contribution < 1.29 is 15.0 Å². The molecule has 228 valence electrons. The molecule has 0 spiro atoms. The quantitative estimate of drug-likeness (QED) is 0.363. The molecule has 0 fully saturated rings. The summed E-state index contributed by atoms with van der Waals surface area (Å²) in [5, 5.41) is 23.7. The van der Waals surface area contributed by atoms with E-state index in [-0.39, 0.29) is 27.6 Å². The van der Waals surface area contributed by atoms with Crippen LogP contribution >= 0.6 is 0 Å². The maximum absolute atomic E-state index is 14.3. The number of rotatable bonds is 1. The molecule has 0 aromatic heterocycles. The largest absolute Gasteiger partial charge is 0.507 e. The highest BCUT2D eigenvalue weighted by Crippen LogP contribution is 2.51. The van der Waals surface area contributed by atoms with Crippen LogP contribution in [0.4, 0.5) is 11.4 Å². The molecule has 1 aliphatic heterocycles. The Morgan fingerprint density at radius 2 is 0.976 bits per heavy atom. The highest BCUT2D eigenvalue weighted by atomic mass is 16.3. The van der Waals surface area contributed by atoms with Crippen LogP contribution in [0.15, 0.2) is 12.1 Å². The third-order valence-corrected chi connectivity index (χ3v) is 8.52. The lowest BCUT2D eigenvalue weighted by Crippen LogP contribution is -2.31. The minimum Gasteiger partial charge on any atom is -0.507 e. The number of amides is 1. The van der Waals surface area contributed by atoms with Gasteiger partial charge in [-0.25, -0.2) is 0 Å². The number of carbonyl (C=O) groups is 1. The highest BCUT2D eigenvalue weighted by molar-refractivity contribution is 6.03. The Balaban J connectivity index is 2.67. The Labute approximate surface area is 250 Å². The van der Waals surface area contributed by atoms with E-state index in [1.54, 1.807) is 0 Å². The minimum atomic E-state index is -0.322. The number of nitrogens with zero attached hydrogens (tertiary/aromatic N) is 1. The molecule has 1 heterocycles. The first-order valence-corrected chi connectivity index (χ1v) is 15.7. The van der Waals surface area contributed by atoms with Crippen LogP contribution in [0.1, 0.15) is 155 Å². The topological polar surface area (TPSA) is 60.8 Å². The van der Waals surface area contributed by atoms with Crippen molar-refractivity contribution in [2.45, 2.75) is 157 Å². The first-order chi connectivity index (χ1) is 18.6. The number of carbonyl (C=O) groups excluding carboxylic acids is 1. The SMILES string of the molecule is CCC(=O)N1c2cc(C(C)(C)C)c(O)c(C(C)(C)C)c2CCCCCCc2c1cc(C(C)(C)C)c(O)c2C(C)(C)C. The summed E-state index contributed by atoms with van der Waals surface area (Å²) in [6.45, 7) is 27.6. The van der Waals surface area contributed by atoms with Crippen molar-refractivity contribution in [1.29, 1.82) is 0 Å². The number of aromatic hydroxyl groups is 2. The third kappa shape index (κ3) is 6.62. The fourth-order valence-electron chi connectivity index (χ4n) is 6.57. The molecule has 3 rings (SSSR count). The second-order valence-electron chi connectivity index (χ2n) is 16.3. The summed E-state index contributed by atoms with van der Waals surface area (Å²) in [6, 6.07) is 4.19. The molecule has 41 heavy (non-hydrogen) atoms. The number of benzene rings is 2. The van der Waals surface area contributed by atoms with Crippen LogP contribution in [0.5, 0.6) is 11.5 Å². The van der Waals surface area contributed by atoms with Crippen molar-refractivity contribution in [3.63, 3.8) is 0 Å². The molecule has 0 aliphatic carbocycles. The number of hydrogen-bond acceptors (Lipinski definition) is 3. The summed E-state index contributed by atoms with van der Waals surface area (Å²) in [4.78, 5) is 16.2. The Hall–Kier alpha value is -2.49. The van der Waals surface area contributed by atoms with Gasteiger partial charge in [0.2, 0.25) is 5.91 Å². The van der Waals surface area contributed by atoms with E-state index in [1.807, 2.05) is 11.8 Å². The van der Waals surface area contributed by atoms with Gasteiger partial charge < -0.3 is 10.2 Å². The molecule has 2 aromatic rings. The molecule has 0 unspecified atom stereocenters. The molecule has 0 radical (unpaired) electrons. The van der Waals surface area contributed by atoms with Crippen LogP contribution < -0.4 is 4.90 Å². The average molecular weight is 564 g/mol. The van der Waals surface area contributed by atoms with Gasteiger partial charge in [-0.3, -0.25) is 9.69 Å². The van der Waals surface area contributed by atoms with Gasteiger partial charge in [0.1, 0.15) is 11.5 Å². The lowest BCUT2D eigenvalue weighted by Gasteiger charge is -2.37. The van der Waals surface area contributed by atoms with E-state index in [4.69, 9.17) is 0 Å². The van der Waals surface area contributed by atoms with Gasteiger partial charge in [-0.2, -0.15) is 0 Å². The van der Waals surface area contributed by atoms with Crippen LogP contribution in [-0.4, -0.2) is 16.1 Å². The fourth-order valence-corrected chi connectivity index (χ4v) is 6.57. The van der Waals surface area contributed by atoms with Gasteiger partial charge >= 0.3 is 0 Å². The summed E-state index contributed by atoms with van der Waals surface area (Å²) in [5.74, 6) is 0.751. The monoisotopic (exact) mass is 563 g/mol. The van der Waals surface area contributed by atoms with E-state index >= 15 is 0 Å². The van der Waals surface area contributed by atoms with Gasteiger partial charge in [-0.1, -0.05) is 103 Å². The van der Waals surface area contributed by atoms with Gasteiger partial charge in [-0.15, -0.1) is 0 Å². The second-order valence-corrected chi connectivity index (χ2v) is 16.3. The third-order valence-electron chi connectivity index (χ3n) is 8.52. The van der Waals surface area contributed by atoms with Crippen molar-refractivity contribution in [1.82, 2.24) is 0 Å². The summed E-state index contributed by atoms with van der Waals surface area (Å²) in [6.07, 6.45) is 6.13. The molecule has 0 saturated heterocycles. The Kier molecular flexibility index (Phi) is 9.10. The molecule has 4 nitrogen and oxygen atoms in total. The van der Waals surface area contributed by atoms with Crippen molar-refractivity contribution in [2.24, 2.45) is 0 Å².